The van der Waals surface area contributed by atoms with E-state index in [-0.39, 0.29) is 6.10 Å². The SMILES string of the molecule is C=CC(CC=CCCC)OC=O. The molecule has 2 heteroatoms. The predicted molar refractivity (Wildman–Crippen MR) is 49.8 cm³/mol. The zero-order valence-corrected chi connectivity index (χ0v) is 7.53. The number of hydrogen-bond donors (Lipinski definition) is 0. The number of carbonyl (C=O) groups is 1. The van der Waals surface area contributed by atoms with E-state index < -0.39 is 0 Å². The molecule has 12 heavy (non-hydrogen) atoms. The lowest BCUT2D eigenvalue weighted by molar-refractivity contribution is -0.131. The molecular formula is C10H16O2. The van der Waals surface area contributed by atoms with Crippen molar-refractivity contribution >= 4 is 6.47 Å². The minimum atomic E-state index is -0.171. The van der Waals surface area contributed by atoms with Gasteiger partial charge in [0.05, 0.1) is 0 Å². The zero-order valence-electron chi connectivity index (χ0n) is 7.53. The molecule has 0 aliphatic rings. The van der Waals surface area contributed by atoms with Gasteiger partial charge < -0.3 is 4.74 Å². The molecule has 0 fully saturated rings. The van der Waals surface area contributed by atoms with Gasteiger partial charge in [-0.1, -0.05) is 38.2 Å². The Balaban J connectivity index is 3.56. The van der Waals surface area contributed by atoms with Gasteiger partial charge in [0, 0.05) is 6.42 Å². The van der Waals surface area contributed by atoms with Crippen molar-refractivity contribution in [1.82, 2.24) is 0 Å². The molecule has 0 bridgehead atoms. The molecule has 0 saturated heterocycles. The van der Waals surface area contributed by atoms with Gasteiger partial charge in [-0.25, -0.2) is 0 Å². The van der Waals surface area contributed by atoms with Gasteiger partial charge in [0.15, 0.2) is 0 Å². The first kappa shape index (κ1) is 11.0. The van der Waals surface area contributed by atoms with Crippen LogP contribution >= 0.6 is 0 Å². The molecule has 68 valence electrons. The van der Waals surface area contributed by atoms with Crippen LogP contribution in [0.5, 0.6) is 0 Å². The Morgan fingerprint density at radius 1 is 1.50 bits per heavy atom. The quantitative estimate of drug-likeness (QED) is 0.431. The van der Waals surface area contributed by atoms with Gasteiger partial charge in [-0.15, -0.1) is 0 Å². The maximum atomic E-state index is 9.97. The second-order valence-electron chi connectivity index (χ2n) is 2.50. The van der Waals surface area contributed by atoms with Gasteiger partial charge >= 0.3 is 0 Å². The summed E-state index contributed by atoms with van der Waals surface area (Å²) >= 11 is 0. The molecule has 0 radical (unpaired) electrons. The molecule has 0 heterocycles. The lowest BCUT2D eigenvalue weighted by Gasteiger charge is -2.05. The third-order valence-electron chi connectivity index (χ3n) is 1.48. The summed E-state index contributed by atoms with van der Waals surface area (Å²) in [5.41, 5.74) is 0. The molecule has 0 aromatic heterocycles. The highest BCUT2D eigenvalue weighted by molar-refractivity contribution is 5.38. The molecule has 0 rings (SSSR count). The average molecular weight is 168 g/mol. The minimum absolute atomic E-state index is 0.171. The molecule has 0 aliphatic carbocycles. The summed E-state index contributed by atoms with van der Waals surface area (Å²) in [6.07, 6.45) is 8.50. The van der Waals surface area contributed by atoms with Crippen LogP contribution < -0.4 is 0 Å². The van der Waals surface area contributed by atoms with Gasteiger partial charge in [-0.3, -0.25) is 4.79 Å². The minimum Gasteiger partial charge on any atom is -0.460 e. The van der Waals surface area contributed by atoms with E-state index >= 15 is 0 Å². The lowest BCUT2D eigenvalue weighted by atomic mass is 10.2. The van der Waals surface area contributed by atoms with Crippen molar-refractivity contribution in [2.45, 2.75) is 32.3 Å². The van der Waals surface area contributed by atoms with E-state index in [4.69, 9.17) is 4.74 Å². The van der Waals surface area contributed by atoms with Crippen LogP contribution in [-0.2, 0) is 9.53 Å². The average Bonchev–Trinajstić information content (AvgIpc) is 2.10. The Bertz CT molecular complexity index is 150. The monoisotopic (exact) mass is 168 g/mol. The summed E-state index contributed by atoms with van der Waals surface area (Å²) < 4.78 is 4.72. The van der Waals surface area contributed by atoms with E-state index in [2.05, 4.69) is 19.6 Å². The maximum absolute atomic E-state index is 9.97. The van der Waals surface area contributed by atoms with Crippen molar-refractivity contribution in [2.75, 3.05) is 0 Å². The second-order valence-corrected chi connectivity index (χ2v) is 2.50. The molecule has 0 aromatic carbocycles. The second kappa shape index (κ2) is 8.05. The molecular weight excluding hydrogens is 152 g/mol. The van der Waals surface area contributed by atoms with Crippen LogP contribution in [0.1, 0.15) is 26.2 Å². The van der Waals surface area contributed by atoms with Gasteiger partial charge in [0.25, 0.3) is 6.47 Å². The normalized spacial score (nSPS) is 12.8. The van der Waals surface area contributed by atoms with Crippen LogP contribution in [0.2, 0.25) is 0 Å². The predicted octanol–water partition coefficient (Wildman–Crippen LogP) is 2.46. The first-order chi connectivity index (χ1) is 5.85. The lowest BCUT2D eigenvalue weighted by Crippen LogP contribution is -2.06. The highest BCUT2D eigenvalue weighted by Gasteiger charge is 1.98. The molecule has 0 aliphatic heterocycles. The summed E-state index contributed by atoms with van der Waals surface area (Å²) in [5.74, 6) is 0. The molecule has 0 spiro atoms. The molecule has 1 unspecified atom stereocenters. The zero-order chi connectivity index (χ0) is 9.23. The van der Waals surface area contributed by atoms with Crippen molar-refractivity contribution in [3.05, 3.63) is 24.8 Å². The number of hydrogen-bond acceptors (Lipinski definition) is 2. The van der Waals surface area contributed by atoms with Crippen LogP contribution in [0.3, 0.4) is 0 Å². The molecule has 0 N–H and O–H groups in total. The topological polar surface area (TPSA) is 26.3 Å². The summed E-state index contributed by atoms with van der Waals surface area (Å²) in [7, 11) is 0. The van der Waals surface area contributed by atoms with Crippen LogP contribution in [0.15, 0.2) is 24.8 Å². The Labute approximate surface area is 73.9 Å². The maximum Gasteiger partial charge on any atom is 0.293 e. The number of ether oxygens (including phenoxy) is 1. The standard InChI is InChI=1S/C10H16O2/c1-3-5-6-7-8-10(4-2)12-9-11/h4,6-7,9-10H,2-3,5,8H2,1H3. The van der Waals surface area contributed by atoms with Crippen molar-refractivity contribution in [3.8, 4) is 0 Å². The first-order valence-electron chi connectivity index (χ1n) is 4.21. The van der Waals surface area contributed by atoms with Crippen LogP contribution in [0, 0.1) is 0 Å². The van der Waals surface area contributed by atoms with E-state index in [0.29, 0.717) is 6.47 Å². The molecule has 0 aromatic rings. The summed E-state index contributed by atoms with van der Waals surface area (Å²) in [5, 5.41) is 0. The fraction of sp³-hybridized carbons (Fsp3) is 0.500. The summed E-state index contributed by atoms with van der Waals surface area (Å²) in [6, 6.07) is 0. The smallest absolute Gasteiger partial charge is 0.293 e. The third kappa shape index (κ3) is 5.71. The number of carbonyl (C=O) groups excluding carboxylic acids is 1. The van der Waals surface area contributed by atoms with Crippen molar-refractivity contribution in [1.29, 1.82) is 0 Å². The van der Waals surface area contributed by atoms with E-state index in [9.17, 15) is 4.79 Å². The van der Waals surface area contributed by atoms with Gasteiger partial charge in [-0.2, -0.15) is 0 Å². The van der Waals surface area contributed by atoms with Crippen LogP contribution in [-0.4, -0.2) is 12.6 Å². The van der Waals surface area contributed by atoms with Gasteiger partial charge in [-0.05, 0) is 6.42 Å². The van der Waals surface area contributed by atoms with E-state index in [1.165, 1.54) is 0 Å². The Kier molecular flexibility index (Phi) is 7.35. The Morgan fingerprint density at radius 3 is 2.75 bits per heavy atom. The van der Waals surface area contributed by atoms with Crippen LogP contribution in [0.4, 0.5) is 0 Å². The van der Waals surface area contributed by atoms with Crippen molar-refractivity contribution in [2.24, 2.45) is 0 Å². The van der Waals surface area contributed by atoms with Crippen molar-refractivity contribution in [3.63, 3.8) is 0 Å². The third-order valence-corrected chi connectivity index (χ3v) is 1.48. The van der Waals surface area contributed by atoms with Crippen LogP contribution in [0.25, 0.3) is 0 Å². The molecule has 1 atom stereocenters. The number of rotatable bonds is 7. The summed E-state index contributed by atoms with van der Waals surface area (Å²) in [4.78, 5) is 9.97. The fourth-order valence-electron chi connectivity index (χ4n) is 0.794. The number of allylic oxidation sites excluding steroid dienone is 1. The largest absolute Gasteiger partial charge is 0.460 e. The highest BCUT2D eigenvalue weighted by atomic mass is 16.5. The number of unbranched alkanes of at least 4 members (excludes halogenated alkanes) is 1. The Hall–Kier alpha value is -1.05. The van der Waals surface area contributed by atoms with E-state index in [1.54, 1.807) is 6.08 Å². The van der Waals surface area contributed by atoms with Gasteiger partial charge in [0.1, 0.15) is 6.10 Å². The molecule has 0 amide bonds. The van der Waals surface area contributed by atoms with Crippen molar-refractivity contribution < 1.29 is 9.53 Å². The van der Waals surface area contributed by atoms with Gasteiger partial charge in [0.2, 0.25) is 0 Å². The molecule has 0 saturated carbocycles. The van der Waals surface area contributed by atoms with E-state index in [1.807, 2.05) is 6.08 Å². The highest BCUT2D eigenvalue weighted by Crippen LogP contribution is 2.00. The van der Waals surface area contributed by atoms with E-state index in [0.717, 1.165) is 19.3 Å². The first-order valence-corrected chi connectivity index (χ1v) is 4.21. The Morgan fingerprint density at radius 2 is 2.25 bits per heavy atom. The summed E-state index contributed by atoms with van der Waals surface area (Å²) in [6.45, 7) is 6.14. The fourth-order valence-corrected chi connectivity index (χ4v) is 0.794. The molecule has 2 nitrogen and oxygen atoms in total.